The van der Waals surface area contributed by atoms with Crippen LogP contribution in [0.4, 0.5) is 5.13 Å². The topological polar surface area (TPSA) is 133 Å². The summed E-state index contributed by atoms with van der Waals surface area (Å²) in [7, 11) is -7.73. The van der Waals surface area contributed by atoms with E-state index in [1.54, 1.807) is 0 Å². The molecule has 11 heteroatoms. The summed E-state index contributed by atoms with van der Waals surface area (Å²) in [4.78, 5) is -0.204. The summed E-state index contributed by atoms with van der Waals surface area (Å²) in [5.41, 5.74) is 1.64. The molecular formula is C9H11N3O5S3. The Balaban J connectivity index is 2.38. The van der Waals surface area contributed by atoms with Crippen LogP contribution < -0.4 is 4.72 Å². The molecule has 110 valence electrons. The molecule has 20 heavy (non-hydrogen) atoms. The number of nitrogens with zero attached hydrogens (tertiary/aromatic N) is 2. The summed E-state index contributed by atoms with van der Waals surface area (Å²) in [6.45, 7) is 1.48. The third-order valence-electron chi connectivity index (χ3n) is 2.33. The van der Waals surface area contributed by atoms with Gasteiger partial charge in [-0.15, -0.1) is 10.2 Å². The lowest BCUT2D eigenvalue weighted by molar-refractivity contribution is 0.376. The van der Waals surface area contributed by atoms with Crippen LogP contribution in [0, 0.1) is 6.92 Å². The zero-order chi connectivity index (χ0) is 15.0. The van der Waals surface area contributed by atoms with Gasteiger partial charge in [-0.1, -0.05) is 11.3 Å². The third kappa shape index (κ3) is 3.26. The molecule has 1 aromatic heterocycles. The maximum absolute atomic E-state index is 12.1. The maximum Gasteiger partial charge on any atom is 0.263 e. The first kappa shape index (κ1) is 15.2. The Kier molecular flexibility index (Phi) is 4.00. The van der Waals surface area contributed by atoms with Crippen LogP contribution in [0.15, 0.2) is 33.5 Å². The zero-order valence-electron chi connectivity index (χ0n) is 10.1. The minimum absolute atomic E-state index is 0.0555. The van der Waals surface area contributed by atoms with Crippen molar-refractivity contribution in [3.63, 3.8) is 0 Å². The Morgan fingerprint density at radius 2 is 1.95 bits per heavy atom. The number of rotatable bonds is 4. The van der Waals surface area contributed by atoms with Crippen LogP contribution >= 0.6 is 22.2 Å². The molecule has 0 fully saturated rings. The summed E-state index contributed by atoms with van der Waals surface area (Å²) in [6.07, 6.45) is 0. The fraction of sp³-hybridized carbons (Fsp3) is 0.111. The van der Waals surface area contributed by atoms with E-state index < -0.39 is 20.9 Å². The van der Waals surface area contributed by atoms with E-state index in [0.717, 1.165) is 17.4 Å². The Bertz CT molecular complexity index is 709. The van der Waals surface area contributed by atoms with Gasteiger partial charge in [0.05, 0.1) is 9.79 Å². The molecule has 0 aliphatic heterocycles. The van der Waals surface area contributed by atoms with Gasteiger partial charge in [0.25, 0.3) is 10.0 Å². The van der Waals surface area contributed by atoms with E-state index in [1.165, 1.54) is 24.6 Å². The van der Waals surface area contributed by atoms with Crippen molar-refractivity contribution in [3.8, 4) is 0 Å². The Morgan fingerprint density at radius 3 is 2.45 bits per heavy atom. The summed E-state index contributed by atoms with van der Waals surface area (Å²) in [5.74, 6) is 0. The first-order valence-electron chi connectivity index (χ1n) is 5.10. The molecule has 0 bridgehead atoms. The van der Waals surface area contributed by atoms with Gasteiger partial charge in [0.1, 0.15) is 16.4 Å². The second-order valence-corrected chi connectivity index (χ2v) is 7.79. The zero-order valence-corrected chi connectivity index (χ0v) is 12.5. The Labute approximate surface area is 120 Å². The molecule has 0 atom stereocenters. The van der Waals surface area contributed by atoms with Crippen LogP contribution in [0.3, 0.4) is 0 Å². The van der Waals surface area contributed by atoms with E-state index in [1.807, 2.05) is 0 Å². The fourth-order valence-electron chi connectivity index (χ4n) is 1.48. The smallest absolute Gasteiger partial charge is 0.263 e. The first-order valence-corrected chi connectivity index (χ1v) is 8.97. The molecule has 0 spiro atoms. The predicted molar refractivity (Wildman–Crippen MR) is 75.6 cm³/mol. The van der Waals surface area contributed by atoms with Crippen LogP contribution in [-0.2, 0) is 10.0 Å². The van der Waals surface area contributed by atoms with Gasteiger partial charge in [-0.3, -0.25) is 4.72 Å². The average Bonchev–Trinajstić information content (AvgIpc) is 2.79. The van der Waals surface area contributed by atoms with E-state index in [0.29, 0.717) is 0 Å². The third-order valence-corrected chi connectivity index (χ3v) is 5.46. The van der Waals surface area contributed by atoms with Crippen molar-refractivity contribution < 1.29 is 22.1 Å². The number of aryl methyl sites for hydroxylation is 1. The van der Waals surface area contributed by atoms with Crippen molar-refractivity contribution in [1.82, 2.24) is 10.2 Å². The van der Waals surface area contributed by atoms with Crippen molar-refractivity contribution in [2.24, 2.45) is 0 Å². The van der Waals surface area contributed by atoms with Gasteiger partial charge in [0.15, 0.2) is 0 Å². The number of nitrogens with one attached hydrogen (secondary N) is 1. The molecule has 0 aliphatic rings. The van der Waals surface area contributed by atoms with Crippen LogP contribution in [-0.4, -0.2) is 32.3 Å². The van der Waals surface area contributed by atoms with Gasteiger partial charge in [-0.25, -0.2) is 8.42 Å². The SMILES string of the molecule is Cc1cc(S(O)(O)O)ccc1S(=O)(=O)Nc1nncs1. The normalized spacial score (nSPS) is 13.2. The van der Waals surface area contributed by atoms with E-state index in [9.17, 15) is 8.42 Å². The van der Waals surface area contributed by atoms with E-state index in [2.05, 4.69) is 14.9 Å². The van der Waals surface area contributed by atoms with Crippen molar-refractivity contribution in [2.75, 3.05) is 4.72 Å². The average molecular weight is 337 g/mol. The summed E-state index contributed by atoms with van der Waals surface area (Å²) < 4.78 is 53.9. The van der Waals surface area contributed by atoms with Crippen LogP contribution in [0.5, 0.6) is 0 Å². The number of sulfonamides is 1. The second kappa shape index (κ2) is 5.27. The second-order valence-electron chi connectivity index (χ2n) is 3.80. The van der Waals surface area contributed by atoms with E-state index in [4.69, 9.17) is 13.7 Å². The Morgan fingerprint density at radius 1 is 1.25 bits per heavy atom. The van der Waals surface area contributed by atoms with Gasteiger partial charge in [-0.2, -0.15) is 0 Å². The van der Waals surface area contributed by atoms with Gasteiger partial charge >= 0.3 is 0 Å². The van der Waals surface area contributed by atoms with Crippen molar-refractivity contribution >= 4 is 37.4 Å². The molecular weight excluding hydrogens is 326 g/mol. The molecule has 0 unspecified atom stereocenters. The molecule has 1 aromatic carbocycles. The molecule has 1 heterocycles. The van der Waals surface area contributed by atoms with Gasteiger partial charge in [0.2, 0.25) is 5.13 Å². The summed E-state index contributed by atoms with van der Waals surface area (Å²) in [6, 6.07) is 3.51. The van der Waals surface area contributed by atoms with E-state index in [-0.39, 0.29) is 20.5 Å². The van der Waals surface area contributed by atoms with Crippen molar-refractivity contribution in [2.45, 2.75) is 16.7 Å². The van der Waals surface area contributed by atoms with Crippen molar-refractivity contribution in [3.05, 3.63) is 29.3 Å². The van der Waals surface area contributed by atoms with Crippen LogP contribution in [0.1, 0.15) is 5.56 Å². The highest BCUT2D eigenvalue weighted by Gasteiger charge is 2.22. The standard InChI is InChI=1S/C9H11N3O5S3/c1-6-4-7(20(15,16)17)2-3-8(6)19(13,14)12-9-11-10-5-18-9/h2-5,15-17H,1H3,(H,11,12). The maximum atomic E-state index is 12.1. The molecule has 0 saturated heterocycles. The van der Waals surface area contributed by atoms with Gasteiger partial charge < -0.3 is 13.7 Å². The summed E-state index contributed by atoms with van der Waals surface area (Å²) in [5, 5.41) is 7.22. The minimum Gasteiger partial charge on any atom is -0.304 e. The molecule has 8 nitrogen and oxygen atoms in total. The summed E-state index contributed by atoms with van der Waals surface area (Å²) >= 11 is 1.03. The van der Waals surface area contributed by atoms with Crippen LogP contribution in [0.25, 0.3) is 0 Å². The molecule has 2 aromatic rings. The Hall–Kier alpha value is -1.24. The minimum atomic E-state index is -3.87. The molecule has 0 saturated carbocycles. The highest BCUT2D eigenvalue weighted by molar-refractivity contribution is 8.19. The number of benzene rings is 1. The van der Waals surface area contributed by atoms with Crippen molar-refractivity contribution in [1.29, 1.82) is 0 Å². The van der Waals surface area contributed by atoms with Crippen LogP contribution in [0.2, 0.25) is 0 Å². The quantitative estimate of drug-likeness (QED) is 0.672. The van der Waals surface area contributed by atoms with Gasteiger partial charge in [-0.05, 0) is 30.7 Å². The van der Waals surface area contributed by atoms with Gasteiger partial charge in [0, 0.05) is 0 Å². The molecule has 4 N–H and O–H groups in total. The molecule has 0 amide bonds. The van der Waals surface area contributed by atoms with E-state index >= 15 is 0 Å². The predicted octanol–water partition coefficient (Wildman–Crippen LogP) is 2.23. The highest BCUT2D eigenvalue weighted by Crippen LogP contribution is 2.44. The lowest BCUT2D eigenvalue weighted by atomic mass is 10.2. The first-order chi connectivity index (χ1) is 9.20. The largest absolute Gasteiger partial charge is 0.304 e. The molecule has 2 rings (SSSR count). The fourth-order valence-corrected chi connectivity index (χ4v) is 3.99. The highest BCUT2D eigenvalue weighted by atomic mass is 32.3. The lowest BCUT2D eigenvalue weighted by Crippen LogP contribution is -2.14. The number of anilines is 1. The number of hydrogen-bond donors (Lipinski definition) is 4. The molecule has 0 radical (unpaired) electrons. The number of aromatic nitrogens is 2. The number of hydrogen-bond acceptors (Lipinski definition) is 8. The molecule has 0 aliphatic carbocycles. The monoisotopic (exact) mass is 337 g/mol. The lowest BCUT2D eigenvalue weighted by Gasteiger charge is -2.20.